The van der Waals surface area contributed by atoms with Crippen LogP contribution in [0, 0.1) is 10.1 Å². The lowest BCUT2D eigenvalue weighted by atomic mass is 9.85. The number of ether oxygens (including phenoxy) is 1. The molecule has 0 bridgehead atoms. The van der Waals surface area contributed by atoms with Crippen molar-refractivity contribution in [2.45, 2.75) is 31.2 Å². The van der Waals surface area contributed by atoms with Gasteiger partial charge in [-0.1, -0.05) is 13.8 Å². The highest BCUT2D eigenvalue weighted by Crippen LogP contribution is 2.44. The summed E-state index contributed by atoms with van der Waals surface area (Å²) in [6.45, 7) is 6.11. The minimum Gasteiger partial charge on any atom is -0.499 e. The van der Waals surface area contributed by atoms with Gasteiger partial charge < -0.3 is 25.2 Å². The second-order valence-electron chi connectivity index (χ2n) is 11.7. The van der Waals surface area contributed by atoms with Gasteiger partial charge >= 0.3 is 0 Å². The lowest BCUT2D eigenvalue weighted by Gasteiger charge is -2.34. The summed E-state index contributed by atoms with van der Waals surface area (Å²) in [6.07, 6.45) is 6.58. The Morgan fingerprint density at radius 3 is 2.57 bits per heavy atom. The monoisotopic (exact) mass is 575 g/mol. The maximum Gasteiger partial charge on any atom is 0.272 e. The van der Waals surface area contributed by atoms with Crippen LogP contribution < -0.4 is 10.6 Å². The van der Waals surface area contributed by atoms with E-state index in [4.69, 9.17) is 20.4 Å². The molecule has 0 saturated heterocycles. The summed E-state index contributed by atoms with van der Waals surface area (Å²) in [7, 11) is 9.09. The van der Waals surface area contributed by atoms with Crippen LogP contribution in [0.3, 0.4) is 0 Å². The Bertz CT molecular complexity index is 1580. The van der Waals surface area contributed by atoms with Crippen molar-refractivity contribution in [3.05, 3.63) is 75.7 Å². The van der Waals surface area contributed by atoms with Gasteiger partial charge in [0, 0.05) is 57.0 Å². The average Bonchev–Trinajstić information content (AvgIpc) is 3.51. The Kier molecular flexibility index (Phi) is 7.45. The Morgan fingerprint density at radius 1 is 1.17 bits per heavy atom. The molecule has 1 aliphatic carbocycles. The van der Waals surface area contributed by atoms with Crippen LogP contribution >= 0.6 is 0 Å². The molecule has 0 amide bonds. The van der Waals surface area contributed by atoms with Gasteiger partial charge in [0.25, 0.3) is 5.70 Å². The van der Waals surface area contributed by atoms with E-state index in [9.17, 15) is 10.1 Å². The van der Waals surface area contributed by atoms with Crippen molar-refractivity contribution in [3.63, 3.8) is 0 Å². The van der Waals surface area contributed by atoms with Crippen molar-refractivity contribution < 1.29 is 9.66 Å². The molecular formula is C28H37N11O3. The Hall–Kier alpha value is -4.43. The largest absolute Gasteiger partial charge is 0.499 e. The summed E-state index contributed by atoms with van der Waals surface area (Å²) in [5, 5.41) is 16.5. The number of anilines is 2. The summed E-state index contributed by atoms with van der Waals surface area (Å²) in [5.41, 5.74) is 9.08. The Morgan fingerprint density at radius 2 is 1.93 bits per heavy atom. The third kappa shape index (κ3) is 5.18. The molecule has 1 unspecified atom stereocenters. The highest BCUT2D eigenvalue weighted by atomic mass is 16.6. The van der Waals surface area contributed by atoms with Crippen molar-refractivity contribution in [1.82, 2.24) is 39.5 Å². The highest BCUT2D eigenvalue weighted by molar-refractivity contribution is 5.70. The van der Waals surface area contributed by atoms with Gasteiger partial charge in [0.05, 0.1) is 41.7 Å². The van der Waals surface area contributed by atoms with E-state index >= 15 is 0 Å². The lowest BCUT2D eigenvalue weighted by molar-refractivity contribution is -0.431. The smallest absolute Gasteiger partial charge is 0.272 e. The second-order valence-corrected chi connectivity index (χ2v) is 11.7. The Labute approximate surface area is 244 Å². The van der Waals surface area contributed by atoms with E-state index in [0.29, 0.717) is 30.5 Å². The minimum absolute atomic E-state index is 0.0266. The average molecular weight is 576 g/mol. The summed E-state index contributed by atoms with van der Waals surface area (Å²) < 4.78 is 7.46. The van der Waals surface area contributed by atoms with Gasteiger partial charge in [0.1, 0.15) is 23.3 Å². The molecule has 0 saturated carbocycles. The van der Waals surface area contributed by atoms with Gasteiger partial charge in [-0.2, -0.15) is 10.1 Å². The van der Waals surface area contributed by atoms with Crippen LogP contribution in [0.25, 0.3) is 11.3 Å². The molecule has 4 heterocycles. The summed E-state index contributed by atoms with van der Waals surface area (Å²) in [4.78, 5) is 36.3. The molecule has 5 rings (SSSR count). The third-order valence-electron chi connectivity index (χ3n) is 7.74. The number of nitrogens with zero attached hydrogens (tertiary/aromatic N) is 10. The van der Waals surface area contributed by atoms with Crippen molar-refractivity contribution in [2.75, 3.05) is 52.8 Å². The van der Waals surface area contributed by atoms with Crippen LogP contribution in [0.15, 0.2) is 54.1 Å². The molecule has 2 N–H and O–H groups in total. The van der Waals surface area contributed by atoms with Gasteiger partial charge in [0.15, 0.2) is 5.82 Å². The first-order valence-electron chi connectivity index (χ1n) is 13.6. The van der Waals surface area contributed by atoms with Crippen LogP contribution in [0.2, 0.25) is 0 Å². The van der Waals surface area contributed by atoms with Gasteiger partial charge in [-0.3, -0.25) is 14.8 Å². The van der Waals surface area contributed by atoms with Crippen molar-refractivity contribution in [2.24, 2.45) is 12.8 Å². The van der Waals surface area contributed by atoms with Crippen LogP contribution in [0.1, 0.15) is 31.8 Å². The number of aromatic nitrogens is 6. The molecule has 0 radical (unpaired) electrons. The molecule has 14 nitrogen and oxygen atoms in total. The standard InChI is InChI=1S/C28H37N11O3/c1-27(2)16-38(20-9-8-19(33-24(20)27)18-14-32-37(6)15-18)26-31-17-30-25(34-26)28(29)13-22(39(40)41)21(12-23(28)42-7)36(5)11-10-35(3)4/h8-9,12,14-15,17H,10-11,13,16,29H2,1-7H3. The summed E-state index contributed by atoms with van der Waals surface area (Å²) in [6, 6.07) is 3.96. The van der Waals surface area contributed by atoms with E-state index in [1.807, 2.05) is 61.2 Å². The molecule has 1 aliphatic heterocycles. The van der Waals surface area contributed by atoms with E-state index in [-0.39, 0.29) is 28.3 Å². The molecular weight excluding hydrogens is 538 g/mol. The molecule has 222 valence electrons. The molecule has 1 atom stereocenters. The molecule has 3 aromatic rings. The summed E-state index contributed by atoms with van der Waals surface area (Å²) >= 11 is 0. The van der Waals surface area contributed by atoms with Crippen LogP contribution in [0.4, 0.5) is 11.6 Å². The number of allylic oxidation sites excluding steroid dienone is 1. The van der Waals surface area contributed by atoms with Gasteiger partial charge in [-0.15, -0.1) is 0 Å². The maximum atomic E-state index is 12.2. The third-order valence-corrected chi connectivity index (χ3v) is 7.74. The molecule has 0 fully saturated rings. The van der Waals surface area contributed by atoms with Crippen molar-refractivity contribution in [3.8, 4) is 11.3 Å². The van der Waals surface area contributed by atoms with Crippen molar-refractivity contribution in [1.29, 1.82) is 0 Å². The molecule has 42 heavy (non-hydrogen) atoms. The number of nitrogens with two attached hydrogens (primary N) is 1. The zero-order valence-electron chi connectivity index (χ0n) is 25.1. The van der Waals surface area contributed by atoms with E-state index < -0.39 is 5.54 Å². The number of fused-ring (bicyclic) bond motifs is 1. The number of methoxy groups -OCH3 is 1. The first kappa shape index (κ1) is 29.1. The van der Waals surface area contributed by atoms with E-state index in [0.717, 1.165) is 29.2 Å². The molecule has 14 heteroatoms. The number of likely N-dealkylation sites (N-methyl/N-ethyl adjacent to an activating group) is 2. The number of nitro groups is 1. The number of pyridine rings is 1. The zero-order valence-corrected chi connectivity index (χ0v) is 25.1. The number of aryl methyl sites for hydroxylation is 1. The van der Waals surface area contributed by atoms with Crippen LogP contribution in [-0.2, 0) is 22.7 Å². The van der Waals surface area contributed by atoms with Gasteiger partial charge in [-0.25, -0.2) is 15.0 Å². The predicted octanol–water partition coefficient (Wildman–Crippen LogP) is 2.17. The molecule has 0 aromatic carbocycles. The fraction of sp³-hybridized carbons (Fsp3) is 0.464. The molecule has 0 spiro atoms. The first-order chi connectivity index (χ1) is 19.8. The normalized spacial score (nSPS) is 19.6. The van der Waals surface area contributed by atoms with E-state index in [2.05, 4.69) is 28.9 Å². The van der Waals surface area contributed by atoms with Crippen molar-refractivity contribution >= 4 is 11.6 Å². The first-order valence-corrected chi connectivity index (χ1v) is 13.6. The molecule has 2 aliphatic rings. The zero-order chi connectivity index (χ0) is 30.4. The Balaban J connectivity index is 1.51. The topological polar surface area (TPSA) is 157 Å². The minimum atomic E-state index is -1.47. The predicted molar refractivity (Wildman–Crippen MR) is 157 cm³/mol. The maximum absolute atomic E-state index is 12.2. The second kappa shape index (κ2) is 10.8. The van der Waals surface area contributed by atoms with Gasteiger partial charge in [-0.05, 0) is 26.2 Å². The lowest BCUT2D eigenvalue weighted by Crippen LogP contribution is -2.45. The fourth-order valence-corrected chi connectivity index (χ4v) is 5.42. The molecule has 3 aromatic heterocycles. The van der Waals surface area contributed by atoms with Crippen LogP contribution in [0.5, 0.6) is 0 Å². The van der Waals surface area contributed by atoms with Crippen LogP contribution in [-0.4, -0.2) is 92.3 Å². The highest BCUT2D eigenvalue weighted by Gasteiger charge is 2.47. The SMILES string of the molecule is COC1=CC(N(C)CCN(C)C)=C([N+](=O)[O-])CC1(N)c1ncnc(N2CC(C)(C)c3nc(-c4cnn(C)c4)ccc32)n1. The number of hydrogen-bond donors (Lipinski definition) is 1. The summed E-state index contributed by atoms with van der Waals surface area (Å²) in [5.74, 6) is 0.895. The fourth-order valence-electron chi connectivity index (χ4n) is 5.42. The quantitative estimate of drug-likeness (QED) is 0.293. The number of rotatable bonds is 9. The van der Waals surface area contributed by atoms with Gasteiger partial charge in [0.2, 0.25) is 5.95 Å². The van der Waals surface area contributed by atoms with E-state index in [1.165, 1.54) is 13.4 Å². The van der Waals surface area contributed by atoms with E-state index in [1.54, 1.807) is 17.0 Å². The number of hydrogen-bond acceptors (Lipinski definition) is 12.